The van der Waals surface area contributed by atoms with Crippen molar-refractivity contribution in [3.8, 4) is 0 Å². The first-order valence-corrected chi connectivity index (χ1v) is 7.53. The van der Waals surface area contributed by atoms with Crippen molar-refractivity contribution in [3.63, 3.8) is 0 Å². The van der Waals surface area contributed by atoms with Gasteiger partial charge in [-0.2, -0.15) is 0 Å². The quantitative estimate of drug-likeness (QED) is 0.864. The second-order valence-corrected chi connectivity index (χ2v) is 5.78. The molecule has 0 fully saturated rings. The number of amides is 1. The van der Waals surface area contributed by atoms with Gasteiger partial charge in [0.15, 0.2) is 0 Å². The van der Waals surface area contributed by atoms with Crippen LogP contribution in [0.2, 0.25) is 5.02 Å². The summed E-state index contributed by atoms with van der Waals surface area (Å²) in [5, 5.41) is 5.71. The number of hydrogen-bond donors (Lipinski definition) is 1. The Morgan fingerprint density at radius 2 is 2.11 bits per heavy atom. The summed E-state index contributed by atoms with van der Waals surface area (Å²) in [6, 6.07) is 11.8. The average molecular weight is 294 g/mol. The molecule has 0 atom stereocenters. The topological polar surface area (TPSA) is 29.1 Å². The van der Waals surface area contributed by atoms with Crippen molar-refractivity contribution in [2.24, 2.45) is 0 Å². The minimum absolute atomic E-state index is 0.107. The summed E-state index contributed by atoms with van der Waals surface area (Å²) in [6.07, 6.45) is 2.18. The van der Waals surface area contributed by atoms with Gasteiger partial charge in [-0.25, -0.2) is 0 Å². The number of aryl methyl sites for hydroxylation is 1. The number of carbonyl (C=O) groups excluding carboxylic acids is 1. The van der Waals surface area contributed by atoms with E-state index in [2.05, 4.69) is 11.4 Å². The van der Waals surface area contributed by atoms with Crippen LogP contribution in [0, 0.1) is 0 Å². The second-order valence-electron chi connectivity index (χ2n) is 4.31. The van der Waals surface area contributed by atoms with Crippen LogP contribution in [0.5, 0.6) is 0 Å². The molecule has 2 aromatic rings. The molecule has 0 saturated carbocycles. The second kappa shape index (κ2) is 7.31. The maximum Gasteiger partial charge on any atom is 0.220 e. The first-order valence-electron chi connectivity index (χ1n) is 6.27. The van der Waals surface area contributed by atoms with Crippen molar-refractivity contribution in [1.29, 1.82) is 0 Å². The standard InChI is InChI=1S/C15H16ClNOS/c16-13-4-1-3-12(11-13)8-9-17-15(18)7-6-14-5-2-10-19-14/h1-5,10-11H,6-9H2,(H,17,18). The molecule has 0 saturated heterocycles. The van der Waals surface area contributed by atoms with Gasteiger partial charge in [-0.3, -0.25) is 4.79 Å². The number of hydrogen-bond acceptors (Lipinski definition) is 2. The van der Waals surface area contributed by atoms with E-state index in [4.69, 9.17) is 11.6 Å². The van der Waals surface area contributed by atoms with Crippen LogP contribution in [0.4, 0.5) is 0 Å². The van der Waals surface area contributed by atoms with Crippen molar-refractivity contribution >= 4 is 28.8 Å². The molecule has 4 heteroatoms. The molecule has 1 aromatic heterocycles. The molecule has 0 radical (unpaired) electrons. The Balaban J connectivity index is 1.66. The number of benzene rings is 1. The van der Waals surface area contributed by atoms with Crippen LogP contribution >= 0.6 is 22.9 Å². The molecule has 0 bridgehead atoms. The summed E-state index contributed by atoms with van der Waals surface area (Å²) in [5.41, 5.74) is 1.14. The van der Waals surface area contributed by atoms with E-state index < -0.39 is 0 Å². The third-order valence-corrected chi connectivity index (χ3v) is 3.97. The molecule has 1 N–H and O–H groups in total. The summed E-state index contributed by atoms with van der Waals surface area (Å²) >= 11 is 7.60. The van der Waals surface area contributed by atoms with E-state index in [1.165, 1.54) is 4.88 Å². The number of carbonyl (C=O) groups is 1. The van der Waals surface area contributed by atoms with Gasteiger partial charge in [0.25, 0.3) is 0 Å². The highest BCUT2D eigenvalue weighted by Gasteiger charge is 2.02. The Labute approximate surface area is 122 Å². The maximum absolute atomic E-state index is 11.7. The Morgan fingerprint density at radius 3 is 2.84 bits per heavy atom. The molecule has 1 amide bonds. The minimum atomic E-state index is 0.107. The van der Waals surface area contributed by atoms with Crippen LogP contribution in [-0.2, 0) is 17.6 Å². The van der Waals surface area contributed by atoms with E-state index in [9.17, 15) is 4.79 Å². The molecule has 0 aliphatic carbocycles. The lowest BCUT2D eigenvalue weighted by atomic mass is 10.1. The van der Waals surface area contributed by atoms with Crippen LogP contribution in [0.3, 0.4) is 0 Å². The zero-order valence-corrected chi connectivity index (χ0v) is 12.1. The molecular weight excluding hydrogens is 278 g/mol. The van der Waals surface area contributed by atoms with Gasteiger partial charge in [-0.15, -0.1) is 11.3 Å². The predicted molar refractivity (Wildman–Crippen MR) is 80.8 cm³/mol. The van der Waals surface area contributed by atoms with E-state index >= 15 is 0 Å². The Hall–Kier alpha value is -1.32. The zero-order valence-electron chi connectivity index (χ0n) is 10.6. The van der Waals surface area contributed by atoms with Gasteiger partial charge < -0.3 is 5.32 Å². The van der Waals surface area contributed by atoms with Crippen LogP contribution < -0.4 is 5.32 Å². The monoisotopic (exact) mass is 293 g/mol. The highest BCUT2D eigenvalue weighted by Crippen LogP contribution is 2.11. The van der Waals surface area contributed by atoms with E-state index in [1.807, 2.05) is 35.7 Å². The lowest BCUT2D eigenvalue weighted by Crippen LogP contribution is -2.25. The van der Waals surface area contributed by atoms with Gasteiger partial charge in [0, 0.05) is 22.9 Å². The van der Waals surface area contributed by atoms with Gasteiger partial charge in [-0.1, -0.05) is 29.8 Å². The normalized spacial score (nSPS) is 10.4. The van der Waals surface area contributed by atoms with Crippen molar-refractivity contribution in [2.45, 2.75) is 19.3 Å². The Bertz CT molecular complexity index is 525. The van der Waals surface area contributed by atoms with Gasteiger partial charge in [0.05, 0.1) is 0 Å². The minimum Gasteiger partial charge on any atom is -0.356 e. The third kappa shape index (κ3) is 5.05. The molecular formula is C15H16ClNOS. The first kappa shape index (κ1) is 14.1. The smallest absolute Gasteiger partial charge is 0.220 e. The Morgan fingerprint density at radius 1 is 1.21 bits per heavy atom. The number of halogens is 1. The fraction of sp³-hybridized carbons (Fsp3) is 0.267. The average Bonchev–Trinajstić information content (AvgIpc) is 2.89. The number of nitrogens with one attached hydrogen (secondary N) is 1. The fourth-order valence-corrected chi connectivity index (χ4v) is 2.74. The molecule has 2 nitrogen and oxygen atoms in total. The van der Waals surface area contributed by atoms with E-state index in [1.54, 1.807) is 11.3 Å². The molecule has 1 heterocycles. The number of rotatable bonds is 6. The first-order chi connectivity index (χ1) is 9.24. The highest BCUT2D eigenvalue weighted by molar-refractivity contribution is 7.09. The van der Waals surface area contributed by atoms with Gasteiger partial charge in [-0.05, 0) is 42.0 Å². The molecule has 0 aliphatic heterocycles. The molecule has 100 valence electrons. The fourth-order valence-electron chi connectivity index (χ4n) is 1.82. The largest absolute Gasteiger partial charge is 0.356 e. The molecule has 0 aliphatic rings. The van der Waals surface area contributed by atoms with E-state index in [-0.39, 0.29) is 5.91 Å². The van der Waals surface area contributed by atoms with Gasteiger partial charge in [0.2, 0.25) is 5.91 Å². The van der Waals surface area contributed by atoms with Gasteiger partial charge >= 0.3 is 0 Å². The lowest BCUT2D eigenvalue weighted by Gasteiger charge is -2.05. The summed E-state index contributed by atoms with van der Waals surface area (Å²) < 4.78 is 0. The molecule has 2 rings (SSSR count). The Kier molecular flexibility index (Phi) is 5.43. The van der Waals surface area contributed by atoms with Crippen LogP contribution in [0.1, 0.15) is 16.9 Å². The summed E-state index contributed by atoms with van der Waals surface area (Å²) in [4.78, 5) is 12.9. The lowest BCUT2D eigenvalue weighted by molar-refractivity contribution is -0.121. The van der Waals surface area contributed by atoms with Crippen molar-refractivity contribution in [2.75, 3.05) is 6.54 Å². The predicted octanol–water partition coefficient (Wildman–Crippen LogP) is 3.69. The van der Waals surface area contributed by atoms with E-state index in [0.29, 0.717) is 13.0 Å². The summed E-state index contributed by atoms with van der Waals surface area (Å²) in [6.45, 7) is 0.656. The SMILES string of the molecule is O=C(CCc1cccs1)NCCc1cccc(Cl)c1. The van der Waals surface area contributed by atoms with Crippen molar-refractivity contribution in [3.05, 3.63) is 57.2 Å². The maximum atomic E-state index is 11.7. The van der Waals surface area contributed by atoms with Crippen LogP contribution in [0.25, 0.3) is 0 Å². The summed E-state index contributed by atoms with van der Waals surface area (Å²) in [5.74, 6) is 0.107. The molecule has 0 unspecified atom stereocenters. The van der Waals surface area contributed by atoms with E-state index in [0.717, 1.165) is 23.4 Å². The van der Waals surface area contributed by atoms with Crippen molar-refractivity contribution < 1.29 is 4.79 Å². The number of thiophene rings is 1. The highest BCUT2D eigenvalue weighted by atomic mass is 35.5. The molecule has 1 aromatic carbocycles. The molecule has 0 spiro atoms. The van der Waals surface area contributed by atoms with Crippen LogP contribution in [0.15, 0.2) is 41.8 Å². The van der Waals surface area contributed by atoms with Crippen LogP contribution in [-0.4, -0.2) is 12.5 Å². The zero-order chi connectivity index (χ0) is 13.5. The molecule has 19 heavy (non-hydrogen) atoms. The van der Waals surface area contributed by atoms with Gasteiger partial charge in [0.1, 0.15) is 0 Å². The van der Waals surface area contributed by atoms with Crippen molar-refractivity contribution in [1.82, 2.24) is 5.32 Å². The third-order valence-electron chi connectivity index (χ3n) is 2.80. The summed E-state index contributed by atoms with van der Waals surface area (Å²) in [7, 11) is 0.